The van der Waals surface area contributed by atoms with Crippen LogP contribution in [0.2, 0.25) is 0 Å². The molecular formula is C20H25N3O3. The molecule has 6 nitrogen and oxygen atoms in total. The molecule has 1 aliphatic heterocycles. The largest absolute Gasteiger partial charge is 0.494 e. The second kappa shape index (κ2) is 8.78. The number of aromatic nitrogens is 1. The molecule has 1 saturated heterocycles. The topological polar surface area (TPSA) is 63.7 Å². The summed E-state index contributed by atoms with van der Waals surface area (Å²) in [5.41, 5.74) is 2.19. The number of rotatable bonds is 5. The van der Waals surface area contributed by atoms with Crippen LogP contribution >= 0.6 is 0 Å². The van der Waals surface area contributed by atoms with Gasteiger partial charge in [0, 0.05) is 42.9 Å². The first-order chi connectivity index (χ1) is 12.7. The van der Waals surface area contributed by atoms with Gasteiger partial charge in [0.05, 0.1) is 20.3 Å². The summed E-state index contributed by atoms with van der Waals surface area (Å²) in [6.45, 7) is 3.87. The monoisotopic (exact) mass is 355 g/mol. The Labute approximate surface area is 154 Å². The third-order valence-corrected chi connectivity index (χ3v) is 4.48. The molecule has 1 amide bonds. The van der Waals surface area contributed by atoms with E-state index in [0.717, 1.165) is 31.0 Å². The maximum atomic E-state index is 12.6. The van der Waals surface area contributed by atoms with E-state index in [9.17, 15) is 4.79 Å². The number of hydrogen-bond acceptors (Lipinski definition) is 5. The fraction of sp³-hybridized carbons (Fsp3) is 0.400. The van der Waals surface area contributed by atoms with Crippen molar-refractivity contribution in [3.63, 3.8) is 0 Å². The third kappa shape index (κ3) is 4.59. The summed E-state index contributed by atoms with van der Waals surface area (Å²) in [6, 6.07) is 11.1. The van der Waals surface area contributed by atoms with Crippen LogP contribution in [0.4, 0.5) is 0 Å². The Balaban J connectivity index is 1.68. The Bertz CT molecular complexity index is 751. The first-order valence-electron chi connectivity index (χ1n) is 8.81. The molecule has 1 unspecified atom stereocenters. The van der Waals surface area contributed by atoms with Gasteiger partial charge in [-0.25, -0.2) is 0 Å². The Morgan fingerprint density at radius 2 is 2.27 bits per heavy atom. The standard InChI is InChI=1S/C20H25N3O3/c1-23-9-10-26-14-15(13-23)12-22-20(24)17-6-3-5-16(11-17)19-18(25-2)7-4-8-21-19/h3-8,11,15H,9-10,12-14H2,1-2H3,(H,22,24). The molecule has 0 aliphatic carbocycles. The van der Waals surface area contributed by atoms with E-state index in [2.05, 4.69) is 22.2 Å². The van der Waals surface area contributed by atoms with Crippen LogP contribution in [0.1, 0.15) is 10.4 Å². The average molecular weight is 355 g/mol. The zero-order valence-corrected chi connectivity index (χ0v) is 15.3. The summed E-state index contributed by atoms with van der Waals surface area (Å²) in [5.74, 6) is 0.892. The zero-order valence-electron chi connectivity index (χ0n) is 15.3. The molecule has 1 atom stereocenters. The molecule has 26 heavy (non-hydrogen) atoms. The highest BCUT2D eigenvalue weighted by Crippen LogP contribution is 2.27. The van der Waals surface area contributed by atoms with Gasteiger partial charge in [0.25, 0.3) is 5.91 Å². The van der Waals surface area contributed by atoms with Crippen molar-refractivity contribution in [2.24, 2.45) is 5.92 Å². The van der Waals surface area contributed by atoms with Crippen LogP contribution in [-0.4, -0.2) is 62.8 Å². The van der Waals surface area contributed by atoms with Crippen molar-refractivity contribution in [2.75, 3.05) is 47.0 Å². The molecule has 1 aromatic heterocycles. The molecule has 0 radical (unpaired) electrons. The van der Waals surface area contributed by atoms with E-state index in [0.29, 0.717) is 30.4 Å². The normalized spacial score (nSPS) is 18.2. The molecule has 1 N–H and O–H groups in total. The maximum Gasteiger partial charge on any atom is 0.251 e. The van der Waals surface area contributed by atoms with E-state index in [-0.39, 0.29) is 5.91 Å². The van der Waals surface area contributed by atoms with E-state index in [1.807, 2.05) is 36.4 Å². The number of ether oxygens (including phenoxy) is 2. The molecule has 3 rings (SSSR count). The highest BCUT2D eigenvalue weighted by atomic mass is 16.5. The highest BCUT2D eigenvalue weighted by Gasteiger charge is 2.17. The van der Waals surface area contributed by atoms with Crippen LogP contribution in [0, 0.1) is 5.92 Å². The fourth-order valence-corrected chi connectivity index (χ4v) is 3.10. The summed E-state index contributed by atoms with van der Waals surface area (Å²) < 4.78 is 11.0. The second-order valence-corrected chi connectivity index (χ2v) is 6.55. The summed E-state index contributed by atoms with van der Waals surface area (Å²) >= 11 is 0. The summed E-state index contributed by atoms with van der Waals surface area (Å²) in [4.78, 5) is 19.2. The lowest BCUT2D eigenvalue weighted by Gasteiger charge is -2.19. The van der Waals surface area contributed by atoms with Gasteiger partial charge in [-0.1, -0.05) is 12.1 Å². The molecule has 1 aliphatic rings. The number of nitrogens with one attached hydrogen (secondary N) is 1. The number of carbonyl (C=O) groups excluding carboxylic acids is 1. The van der Waals surface area contributed by atoms with Crippen molar-refractivity contribution >= 4 is 5.91 Å². The van der Waals surface area contributed by atoms with E-state index in [4.69, 9.17) is 9.47 Å². The second-order valence-electron chi connectivity index (χ2n) is 6.55. The smallest absolute Gasteiger partial charge is 0.251 e. The Morgan fingerprint density at radius 1 is 1.38 bits per heavy atom. The molecule has 138 valence electrons. The van der Waals surface area contributed by atoms with Gasteiger partial charge in [-0.3, -0.25) is 9.78 Å². The van der Waals surface area contributed by atoms with E-state index >= 15 is 0 Å². The number of pyridine rings is 1. The minimum atomic E-state index is -0.0892. The van der Waals surface area contributed by atoms with Gasteiger partial charge >= 0.3 is 0 Å². The van der Waals surface area contributed by atoms with E-state index in [1.54, 1.807) is 13.3 Å². The minimum absolute atomic E-state index is 0.0892. The van der Waals surface area contributed by atoms with Crippen molar-refractivity contribution in [2.45, 2.75) is 0 Å². The lowest BCUT2D eigenvalue weighted by Crippen LogP contribution is -2.35. The predicted molar refractivity (Wildman–Crippen MR) is 100 cm³/mol. The van der Waals surface area contributed by atoms with Crippen LogP contribution in [0.25, 0.3) is 11.3 Å². The van der Waals surface area contributed by atoms with Gasteiger partial charge in [0.1, 0.15) is 11.4 Å². The molecule has 6 heteroatoms. The first kappa shape index (κ1) is 18.4. The molecule has 1 fully saturated rings. The molecule has 1 aromatic carbocycles. The molecular weight excluding hydrogens is 330 g/mol. The minimum Gasteiger partial charge on any atom is -0.494 e. The van der Waals surface area contributed by atoms with Crippen LogP contribution in [0.5, 0.6) is 5.75 Å². The van der Waals surface area contributed by atoms with Gasteiger partial charge in [-0.15, -0.1) is 0 Å². The van der Waals surface area contributed by atoms with Gasteiger partial charge in [-0.2, -0.15) is 0 Å². The fourth-order valence-electron chi connectivity index (χ4n) is 3.10. The maximum absolute atomic E-state index is 12.6. The quantitative estimate of drug-likeness (QED) is 0.890. The van der Waals surface area contributed by atoms with Crippen LogP contribution in [-0.2, 0) is 4.74 Å². The van der Waals surface area contributed by atoms with Crippen LogP contribution in [0.3, 0.4) is 0 Å². The molecule has 0 bridgehead atoms. The van der Waals surface area contributed by atoms with Crippen molar-refractivity contribution < 1.29 is 14.3 Å². The van der Waals surface area contributed by atoms with E-state index < -0.39 is 0 Å². The van der Waals surface area contributed by atoms with Crippen LogP contribution < -0.4 is 10.1 Å². The summed E-state index contributed by atoms with van der Waals surface area (Å²) in [5, 5.41) is 3.03. The Hall–Kier alpha value is -2.44. The molecule has 0 saturated carbocycles. The van der Waals surface area contributed by atoms with Crippen molar-refractivity contribution in [3.8, 4) is 17.0 Å². The summed E-state index contributed by atoms with van der Waals surface area (Å²) in [6.07, 6.45) is 1.72. The number of likely N-dealkylation sites (N-methyl/N-ethyl adjacent to an activating group) is 1. The van der Waals surface area contributed by atoms with Crippen molar-refractivity contribution in [1.82, 2.24) is 15.2 Å². The predicted octanol–water partition coefficient (Wildman–Crippen LogP) is 2.07. The first-order valence-corrected chi connectivity index (χ1v) is 8.81. The Morgan fingerprint density at radius 3 is 3.12 bits per heavy atom. The summed E-state index contributed by atoms with van der Waals surface area (Å²) in [7, 11) is 3.69. The Kier molecular flexibility index (Phi) is 6.20. The van der Waals surface area contributed by atoms with Gasteiger partial charge in [0.15, 0.2) is 0 Å². The number of hydrogen-bond donors (Lipinski definition) is 1. The number of methoxy groups -OCH3 is 1. The third-order valence-electron chi connectivity index (χ3n) is 4.48. The number of carbonyl (C=O) groups is 1. The number of benzene rings is 1. The van der Waals surface area contributed by atoms with E-state index in [1.165, 1.54) is 0 Å². The number of nitrogens with zero attached hydrogens (tertiary/aromatic N) is 2. The molecule has 0 spiro atoms. The lowest BCUT2D eigenvalue weighted by atomic mass is 10.1. The number of amides is 1. The molecule has 2 heterocycles. The van der Waals surface area contributed by atoms with Gasteiger partial charge < -0.3 is 19.7 Å². The van der Waals surface area contributed by atoms with Crippen molar-refractivity contribution in [1.29, 1.82) is 0 Å². The van der Waals surface area contributed by atoms with Crippen LogP contribution in [0.15, 0.2) is 42.6 Å². The van der Waals surface area contributed by atoms with Gasteiger partial charge in [0.2, 0.25) is 0 Å². The van der Waals surface area contributed by atoms with Gasteiger partial charge in [-0.05, 0) is 31.3 Å². The lowest BCUT2D eigenvalue weighted by molar-refractivity contribution is 0.0921. The molecule has 2 aromatic rings. The van der Waals surface area contributed by atoms with Crippen molar-refractivity contribution in [3.05, 3.63) is 48.2 Å². The SMILES string of the molecule is COc1cccnc1-c1cccc(C(=O)NCC2COCCN(C)C2)c1. The zero-order chi connectivity index (χ0) is 18.4. The highest BCUT2D eigenvalue weighted by molar-refractivity contribution is 5.95. The average Bonchev–Trinajstić information content (AvgIpc) is 2.90.